The fourth-order valence-electron chi connectivity index (χ4n) is 4.63. The third-order valence-corrected chi connectivity index (χ3v) is 6.95. The van der Waals surface area contributed by atoms with Crippen molar-refractivity contribution in [2.24, 2.45) is 23.5 Å². The van der Waals surface area contributed by atoms with E-state index in [0.717, 1.165) is 24.2 Å². The van der Waals surface area contributed by atoms with Gasteiger partial charge in [0.05, 0.1) is 5.69 Å². The molecule has 1 aromatic heterocycles. The quantitative estimate of drug-likeness (QED) is 0.928. The zero-order chi connectivity index (χ0) is 13.7. The van der Waals surface area contributed by atoms with Crippen LogP contribution in [0, 0.1) is 17.8 Å². The van der Waals surface area contributed by atoms with Gasteiger partial charge in [0.15, 0.2) is 5.13 Å². The van der Waals surface area contributed by atoms with E-state index in [4.69, 9.17) is 10.7 Å². The lowest BCUT2D eigenvalue weighted by Gasteiger charge is -2.26. The molecule has 0 amide bonds. The molecule has 3 aliphatic carbocycles. The maximum atomic E-state index is 6.20. The molecule has 0 spiro atoms. The third-order valence-electron chi connectivity index (χ3n) is 5.71. The predicted octanol–water partition coefficient (Wildman–Crippen LogP) is 3.35. The van der Waals surface area contributed by atoms with E-state index in [1.165, 1.54) is 60.8 Å². The van der Waals surface area contributed by atoms with Gasteiger partial charge in [0.2, 0.25) is 0 Å². The third kappa shape index (κ3) is 2.17. The summed E-state index contributed by atoms with van der Waals surface area (Å²) in [5.74, 6) is 2.95. The standard InChI is InChI=1S/C16H25N3S/c1-19(9-12-8-10-5-6-11(12)7-10)16-18-15-13(17)3-2-4-14(15)20-16/h10-13H,2-9,17H2,1H3. The number of rotatable bonds is 3. The summed E-state index contributed by atoms with van der Waals surface area (Å²) < 4.78 is 0. The van der Waals surface area contributed by atoms with E-state index in [0.29, 0.717) is 0 Å². The largest absolute Gasteiger partial charge is 0.351 e. The molecule has 2 fully saturated rings. The highest BCUT2D eigenvalue weighted by Crippen LogP contribution is 2.48. The fourth-order valence-corrected chi connectivity index (χ4v) is 5.77. The lowest BCUT2D eigenvalue weighted by molar-refractivity contribution is 0.337. The molecular weight excluding hydrogens is 266 g/mol. The van der Waals surface area contributed by atoms with Crippen LogP contribution < -0.4 is 10.6 Å². The summed E-state index contributed by atoms with van der Waals surface area (Å²) in [5.41, 5.74) is 7.39. The van der Waals surface area contributed by atoms with E-state index >= 15 is 0 Å². The first-order chi connectivity index (χ1) is 9.70. The molecule has 4 atom stereocenters. The summed E-state index contributed by atoms with van der Waals surface area (Å²) in [7, 11) is 2.22. The van der Waals surface area contributed by atoms with Gasteiger partial charge in [0, 0.05) is 24.5 Å². The zero-order valence-electron chi connectivity index (χ0n) is 12.3. The Labute approximate surface area is 125 Å². The summed E-state index contributed by atoms with van der Waals surface area (Å²) in [6, 6.07) is 0.180. The van der Waals surface area contributed by atoms with E-state index in [1.54, 1.807) is 0 Å². The Balaban J connectivity index is 1.47. The Morgan fingerprint density at radius 2 is 2.20 bits per heavy atom. The van der Waals surface area contributed by atoms with Crippen LogP contribution in [0.3, 0.4) is 0 Å². The molecule has 4 rings (SSSR count). The molecule has 0 aromatic carbocycles. The van der Waals surface area contributed by atoms with Crippen LogP contribution in [0.4, 0.5) is 5.13 Å². The Kier molecular flexibility index (Phi) is 3.26. The van der Waals surface area contributed by atoms with Gasteiger partial charge in [-0.1, -0.05) is 6.42 Å². The highest BCUT2D eigenvalue weighted by Gasteiger charge is 2.40. The Morgan fingerprint density at radius 1 is 1.30 bits per heavy atom. The van der Waals surface area contributed by atoms with Crippen molar-refractivity contribution >= 4 is 16.5 Å². The molecule has 110 valence electrons. The molecule has 2 bridgehead atoms. The number of fused-ring (bicyclic) bond motifs is 3. The average molecular weight is 291 g/mol. The SMILES string of the molecule is CN(CC1CC2CCC1C2)c1nc2c(s1)CCCC2N. The minimum Gasteiger partial charge on any atom is -0.351 e. The van der Waals surface area contributed by atoms with E-state index in [1.807, 2.05) is 11.3 Å². The van der Waals surface area contributed by atoms with E-state index in [-0.39, 0.29) is 6.04 Å². The number of thiazole rings is 1. The van der Waals surface area contributed by atoms with E-state index < -0.39 is 0 Å². The summed E-state index contributed by atoms with van der Waals surface area (Å²) in [5, 5.41) is 1.20. The molecular formula is C16H25N3S. The minimum absolute atomic E-state index is 0.180. The number of aromatic nitrogens is 1. The van der Waals surface area contributed by atoms with Gasteiger partial charge in [-0.2, -0.15) is 0 Å². The molecule has 1 aromatic rings. The van der Waals surface area contributed by atoms with Gasteiger partial charge < -0.3 is 10.6 Å². The van der Waals surface area contributed by atoms with Crippen molar-refractivity contribution in [2.45, 2.75) is 51.0 Å². The molecule has 3 aliphatic rings. The first-order valence-electron chi connectivity index (χ1n) is 8.17. The second-order valence-electron chi connectivity index (χ2n) is 7.12. The van der Waals surface area contributed by atoms with Crippen molar-refractivity contribution < 1.29 is 0 Å². The Hall–Kier alpha value is -0.610. The molecule has 0 aliphatic heterocycles. The van der Waals surface area contributed by atoms with Crippen molar-refractivity contribution in [2.75, 3.05) is 18.5 Å². The van der Waals surface area contributed by atoms with Gasteiger partial charge in [-0.25, -0.2) is 4.98 Å². The summed E-state index contributed by atoms with van der Waals surface area (Å²) in [6.45, 7) is 1.20. The first kappa shape index (κ1) is 13.1. The van der Waals surface area contributed by atoms with Crippen molar-refractivity contribution in [1.29, 1.82) is 0 Å². The fraction of sp³-hybridized carbons (Fsp3) is 0.812. The summed E-state index contributed by atoms with van der Waals surface area (Å²) in [4.78, 5) is 8.70. The number of hydrogen-bond acceptors (Lipinski definition) is 4. The molecule has 4 heteroatoms. The molecule has 20 heavy (non-hydrogen) atoms. The predicted molar refractivity (Wildman–Crippen MR) is 84.2 cm³/mol. The second-order valence-corrected chi connectivity index (χ2v) is 8.18. The van der Waals surface area contributed by atoms with Crippen molar-refractivity contribution in [3.8, 4) is 0 Å². The van der Waals surface area contributed by atoms with Crippen LogP contribution in [0.2, 0.25) is 0 Å². The number of nitrogens with zero attached hydrogens (tertiary/aromatic N) is 2. The number of aryl methyl sites for hydroxylation is 1. The molecule has 2 N–H and O–H groups in total. The summed E-state index contributed by atoms with van der Waals surface area (Å²) >= 11 is 1.89. The van der Waals surface area contributed by atoms with E-state index in [9.17, 15) is 0 Å². The monoisotopic (exact) mass is 291 g/mol. The van der Waals surface area contributed by atoms with Gasteiger partial charge in [-0.15, -0.1) is 11.3 Å². The van der Waals surface area contributed by atoms with Gasteiger partial charge in [-0.3, -0.25) is 0 Å². The molecule has 1 heterocycles. The van der Waals surface area contributed by atoms with Gasteiger partial charge >= 0.3 is 0 Å². The molecule has 0 radical (unpaired) electrons. The van der Waals surface area contributed by atoms with Crippen molar-refractivity contribution in [1.82, 2.24) is 4.98 Å². The second kappa shape index (κ2) is 4.99. The Morgan fingerprint density at radius 3 is 2.90 bits per heavy atom. The van der Waals surface area contributed by atoms with Gasteiger partial charge in [0.1, 0.15) is 0 Å². The number of hydrogen-bond donors (Lipinski definition) is 1. The topological polar surface area (TPSA) is 42.2 Å². The number of anilines is 1. The lowest BCUT2D eigenvalue weighted by Crippen LogP contribution is -2.28. The Bertz CT molecular complexity index is 498. The number of nitrogens with two attached hydrogens (primary N) is 1. The maximum Gasteiger partial charge on any atom is 0.185 e. The highest BCUT2D eigenvalue weighted by molar-refractivity contribution is 7.15. The van der Waals surface area contributed by atoms with Crippen LogP contribution in [0.15, 0.2) is 0 Å². The van der Waals surface area contributed by atoms with Crippen molar-refractivity contribution in [3.63, 3.8) is 0 Å². The molecule has 3 nitrogen and oxygen atoms in total. The lowest BCUT2D eigenvalue weighted by atomic mass is 9.88. The van der Waals surface area contributed by atoms with Gasteiger partial charge in [0.25, 0.3) is 0 Å². The zero-order valence-corrected chi connectivity index (χ0v) is 13.2. The average Bonchev–Trinajstić information content (AvgIpc) is 3.12. The molecule has 2 saturated carbocycles. The molecule has 4 unspecified atom stereocenters. The van der Waals surface area contributed by atoms with Crippen LogP contribution in [0.1, 0.15) is 55.1 Å². The minimum atomic E-state index is 0.180. The van der Waals surface area contributed by atoms with Crippen LogP contribution in [-0.4, -0.2) is 18.6 Å². The summed E-state index contributed by atoms with van der Waals surface area (Å²) in [6.07, 6.45) is 9.44. The van der Waals surface area contributed by atoms with Crippen molar-refractivity contribution in [3.05, 3.63) is 10.6 Å². The van der Waals surface area contributed by atoms with E-state index in [2.05, 4.69) is 11.9 Å². The smallest absolute Gasteiger partial charge is 0.185 e. The highest BCUT2D eigenvalue weighted by atomic mass is 32.1. The first-order valence-corrected chi connectivity index (χ1v) is 8.98. The van der Waals surface area contributed by atoms with Crippen LogP contribution in [0.5, 0.6) is 0 Å². The van der Waals surface area contributed by atoms with Gasteiger partial charge in [-0.05, 0) is 56.3 Å². The van der Waals surface area contributed by atoms with Crippen LogP contribution >= 0.6 is 11.3 Å². The van der Waals surface area contributed by atoms with Crippen LogP contribution in [-0.2, 0) is 6.42 Å². The van der Waals surface area contributed by atoms with Crippen LogP contribution in [0.25, 0.3) is 0 Å². The normalized spacial score (nSPS) is 35.3. The maximum absolute atomic E-state index is 6.20. The molecule has 0 saturated heterocycles.